The van der Waals surface area contributed by atoms with Crippen molar-refractivity contribution < 1.29 is 9.59 Å². The highest BCUT2D eigenvalue weighted by atomic mass is 16.2. The van der Waals surface area contributed by atoms with Gasteiger partial charge < -0.3 is 15.5 Å². The minimum Gasteiger partial charge on any atom is -0.347 e. The van der Waals surface area contributed by atoms with Crippen LogP contribution in [0.1, 0.15) is 32.1 Å². The first-order chi connectivity index (χ1) is 14.1. The number of hydrogen-bond acceptors (Lipinski definition) is 6. The van der Waals surface area contributed by atoms with Crippen molar-refractivity contribution in [2.45, 2.75) is 38.1 Å². The lowest BCUT2D eigenvalue weighted by Gasteiger charge is -2.44. The quantitative estimate of drug-likeness (QED) is 0.751. The van der Waals surface area contributed by atoms with E-state index in [4.69, 9.17) is 0 Å². The van der Waals surface area contributed by atoms with E-state index in [1.54, 1.807) is 31.3 Å². The smallest absolute Gasteiger partial charge is 0.313 e. The third kappa shape index (κ3) is 4.61. The van der Waals surface area contributed by atoms with Gasteiger partial charge in [-0.05, 0) is 74.2 Å². The highest BCUT2D eigenvalue weighted by molar-refractivity contribution is 6.39. The van der Waals surface area contributed by atoms with Gasteiger partial charge in [0.05, 0.1) is 7.05 Å². The molecule has 3 heterocycles. The number of tetrazole rings is 1. The summed E-state index contributed by atoms with van der Waals surface area (Å²) >= 11 is 0. The molecule has 2 fully saturated rings. The van der Waals surface area contributed by atoms with Gasteiger partial charge in [0, 0.05) is 23.8 Å². The van der Waals surface area contributed by atoms with E-state index in [-0.39, 0.29) is 0 Å². The molecule has 2 saturated heterocycles. The van der Waals surface area contributed by atoms with Crippen LogP contribution in [0.5, 0.6) is 0 Å². The second-order valence-corrected chi connectivity index (χ2v) is 7.85. The number of fused-ring (bicyclic) bond motifs is 1. The van der Waals surface area contributed by atoms with Crippen molar-refractivity contribution in [2.24, 2.45) is 13.0 Å². The summed E-state index contributed by atoms with van der Waals surface area (Å²) in [5, 5.41) is 17.4. The Bertz CT molecular complexity index is 862. The number of nitrogens with zero attached hydrogens (tertiary/aromatic N) is 5. The molecule has 4 rings (SSSR count). The summed E-state index contributed by atoms with van der Waals surface area (Å²) in [6.45, 7) is 2.88. The third-order valence-corrected chi connectivity index (χ3v) is 5.87. The molecule has 2 aliphatic rings. The molecule has 2 atom stereocenters. The molecule has 0 bridgehead atoms. The Morgan fingerprint density at radius 3 is 2.62 bits per heavy atom. The van der Waals surface area contributed by atoms with Crippen LogP contribution in [0, 0.1) is 5.92 Å². The topological polar surface area (TPSA) is 105 Å². The van der Waals surface area contributed by atoms with Gasteiger partial charge in [-0.1, -0.05) is 6.42 Å². The number of nitrogens with one attached hydrogen (secondary N) is 2. The summed E-state index contributed by atoms with van der Waals surface area (Å²) in [5.74, 6) is -0.295. The van der Waals surface area contributed by atoms with E-state index < -0.39 is 11.8 Å². The normalized spacial score (nSPS) is 22.0. The maximum atomic E-state index is 12.3. The largest absolute Gasteiger partial charge is 0.347 e. The minimum absolute atomic E-state index is 0.430. The molecular weight excluding hydrogens is 370 g/mol. The Hall–Kier alpha value is -2.81. The molecule has 0 aliphatic carbocycles. The van der Waals surface area contributed by atoms with Crippen molar-refractivity contribution in [1.82, 2.24) is 30.4 Å². The third-order valence-electron chi connectivity index (χ3n) is 5.87. The van der Waals surface area contributed by atoms with Gasteiger partial charge in [0.25, 0.3) is 0 Å². The number of carbonyl (C=O) groups is 2. The van der Waals surface area contributed by atoms with Crippen molar-refractivity contribution in [3.8, 4) is 11.4 Å². The molecular formula is C20H27N7O2. The highest BCUT2D eigenvalue weighted by Gasteiger charge is 2.33. The van der Waals surface area contributed by atoms with Gasteiger partial charge in [-0.3, -0.25) is 9.59 Å². The first kappa shape index (κ1) is 19.5. The van der Waals surface area contributed by atoms with E-state index in [1.807, 2.05) is 0 Å². The highest BCUT2D eigenvalue weighted by Crippen LogP contribution is 2.30. The lowest BCUT2D eigenvalue weighted by Crippen LogP contribution is -2.51. The molecule has 154 valence electrons. The van der Waals surface area contributed by atoms with Gasteiger partial charge in [-0.25, -0.2) is 0 Å². The summed E-state index contributed by atoms with van der Waals surface area (Å²) < 4.78 is 0. The molecule has 0 spiro atoms. The average molecular weight is 397 g/mol. The van der Waals surface area contributed by atoms with Crippen molar-refractivity contribution in [3.05, 3.63) is 24.3 Å². The van der Waals surface area contributed by atoms with E-state index >= 15 is 0 Å². The summed E-state index contributed by atoms with van der Waals surface area (Å²) in [4.78, 5) is 28.5. The van der Waals surface area contributed by atoms with Gasteiger partial charge >= 0.3 is 11.8 Å². The molecule has 9 heteroatoms. The summed E-state index contributed by atoms with van der Waals surface area (Å²) in [7, 11) is 1.70. The molecule has 1 aromatic heterocycles. The summed E-state index contributed by atoms with van der Waals surface area (Å²) in [6.07, 6.45) is 5.99. The Morgan fingerprint density at radius 2 is 1.86 bits per heavy atom. The van der Waals surface area contributed by atoms with Gasteiger partial charge in [0.15, 0.2) is 0 Å². The number of aromatic nitrogens is 4. The Kier molecular flexibility index (Phi) is 5.84. The van der Waals surface area contributed by atoms with Crippen molar-refractivity contribution in [2.75, 3.05) is 25.0 Å². The number of anilines is 1. The van der Waals surface area contributed by atoms with Crippen LogP contribution in [-0.2, 0) is 16.6 Å². The molecule has 2 aromatic rings. The zero-order valence-corrected chi connectivity index (χ0v) is 16.7. The first-order valence-electron chi connectivity index (χ1n) is 10.3. The lowest BCUT2D eigenvalue weighted by atomic mass is 9.83. The van der Waals surface area contributed by atoms with Crippen molar-refractivity contribution >= 4 is 17.5 Å². The monoisotopic (exact) mass is 397 g/mol. The fraction of sp³-hybridized carbons (Fsp3) is 0.550. The predicted molar refractivity (Wildman–Crippen MR) is 108 cm³/mol. The maximum Gasteiger partial charge on any atom is 0.313 e. The maximum absolute atomic E-state index is 12.3. The fourth-order valence-electron chi connectivity index (χ4n) is 4.41. The van der Waals surface area contributed by atoms with Gasteiger partial charge in [0.2, 0.25) is 5.82 Å². The van der Waals surface area contributed by atoms with E-state index in [1.165, 1.54) is 24.1 Å². The van der Waals surface area contributed by atoms with Gasteiger partial charge in [-0.2, -0.15) is 4.80 Å². The molecule has 1 unspecified atom stereocenters. The van der Waals surface area contributed by atoms with Crippen LogP contribution in [0.4, 0.5) is 5.69 Å². The van der Waals surface area contributed by atoms with Crippen LogP contribution in [0.3, 0.4) is 0 Å². The van der Waals surface area contributed by atoms with Gasteiger partial charge in [0.1, 0.15) is 0 Å². The standard InChI is InChI=1S/C20H27N7O2/c1-26-24-18(23-25-26)14-7-9-16(10-8-14)22-20(29)19(28)21-13-15-5-4-12-27-11-3-2-6-17(15)27/h7-10,15,17H,2-6,11-13H2,1H3,(H,21,28)(H,22,29)/t15-,17?/m0/s1. The number of benzene rings is 1. The summed E-state index contributed by atoms with van der Waals surface area (Å²) in [6, 6.07) is 7.55. The Labute approximate surface area is 169 Å². The fourth-order valence-corrected chi connectivity index (χ4v) is 4.41. The number of aryl methyl sites for hydroxylation is 1. The van der Waals surface area contributed by atoms with Crippen LogP contribution < -0.4 is 10.6 Å². The van der Waals surface area contributed by atoms with E-state index in [9.17, 15) is 9.59 Å². The van der Waals surface area contributed by atoms with Crippen molar-refractivity contribution in [1.29, 1.82) is 0 Å². The van der Waals surface area contributed by atoms with E-state index in [2.05, 4.69) is 30.9 Å². The zero-order chi connectivity index (χ0) is 20.2. The number of carbonyl (C=O) groups excluding carboxylic acids is 2. The second-order valence-electron chi connectivity index (χ2n) is 7.85. The van der Waals surface area contributed by atoms with Crippen LogP contribution in [-0.4, -0.2) is 62.6 Å². The van der Waals surface area contributed by atoms with Crippen molar-refractivity contribution in [3.63, 3.8) is 0 Å². The van der Waals surface area contributed by atoms with E-state index in [0.717, 1.165) is 31.5 Å². The molecule has 2 amide bonds. The van der Waals surface area contributed by atoms with Crippen LogP contribution in [0.15, 0.2) is 24.3 Å². The molecule has 29 heavy (non-hydrogen) atoms. The van der Waals surface area contributed by atoms with Crippen LogP contribution >= 0.6 is 0 Å². The zero-order valence-electron chi connectivity index (χ0n) is 16.7. The molecule has 1 aromatic carbocycles. The summed E-state index contributed by atoms with van der Waals surface area (Å²) in [5.41, 5.74) is 1.34. The number of hydrogen-bond donors (Lipinski definition) is 2. The van der Waals surface area contributed by atoms with Gasteiger partial charge in [-0.15, -0.1) is 10.2 Å². The Balaban J connectivity index is 1.28. The predicted octanol–water partition coefficient (Wildman–Crippen LogP) is 1.20. The number of piperidine rings is 2. The molecule has 0 radical (unpaired) electrons. The molecule has 2 N–H and O–H groups in total. The van der Waals surface area contributed by atoms with Crippen LogP contribution in [0.25, 0.3) is 11.4 Å². The lowest BCUT2D eigenvalue weighted by molar-refractivity contribution is -0.136. The van der Waals surface area contributed by atoms with E-state index in [0.29, 0.717) is 30.0 Å². The number of rotatable bonds is 4. The molecule has 2 aliphatic heterocycles. The molecule has 0 saturated carbocycles. The minimum atomic E-state index is -0.647. The average Bonchev–Trinajstić information content (AvgIpc) is 3.18. The number of amides is 2. The second kappa shape index (κ2) is 8.69. The van der Waals surface area contributed by atoms with Crippen LogP contribution in [0.2, 0.25) is 0 Å². The molecule has 9 nitrogen and oxygen atoms in total. The SMILES string of the molecule is Cn1nnc(-c2ccc(NC(=O)C(=O)NC[C@@H]3CCCN4CCCCC34)cc2)n1. The Morgan fingerprint density at radius 1 is 1.07 bits per heavy atom. The first-order valence-corrected chi connectivity index (χ1v) is 10.3.